The van der Waals surface area contributed by atoms with Gasteiger partial charge in [-0.15, -0.1) is 0 Å². The fraction of sp³-hybridized carbons (Fsp3) is 0.294. The summed E-state index contributed by atoms with van der Waals surface area (Å²) < 4.78 is 0. The molecular formula is C17H21ClN4O. The standard InChI is InChI=1S/C17H21ClN4O/c1-12-15(18)5-4-6-16(12)21-14-9-13(10-19-11-14)17(23)20-7-8-22(2)3/h4-6,9-11,21H,7-8H2,1-3H3,(H,20,23). The van der Waals surface area contributed by atoms with E-state index in [2.05, 4.69) is 15.6 Å². The molecule has 0 bridgehead atoms. The highest BCUT2D eigenvalue weighted by molar-refractivity contribution is 6.31. The van der Waals surface area contributed by atoms with Crippen molar-refractivity contribution in [2.45, 2.75) is 6.92 Å². The summed E-state index contributed by atoms with van der Waals surface area (Å²) in [6.45, 7) is 3.33. The Hall–Kier alpha value is -2.11. The second kappa shape index (κ2) is 7.94. The van der Waals surface area contributed by atoms with Gasteiger partial charge in [-0.1, -0.05) is 17.7 Å². The third-order valence-corrected chi connectivity index (χ3v) is 3.80. The first-order valence-corrected chi connectivity index (χ1v) is 7.75. The molecule has 0 radical (unpaired) electrons. The quantitative estimate of drug-likeness (QED) is 0.853. The number of nitrogens with zero attached hydrogens (tertiary/aromatic N) is 2. The maximum absolute atomic E-state index is 12.1. The van der Waals surface area contributed by atoms with Crippen molar-refractivity contribution in [3.05, 3.63) is 52.8 Å². The van der Waals surface area contributed by atoms with Gasteiger partial charge >= 0.3 is 0 Å². The number of halogens is 1. The van der Waals surface area contributed by atoms with Gasteiger partial charge in [-0.25, -0.2) is 0 Å². The lowest BCUT2D eigenvalue weighted by molar-refractivity contribution is 0.0950. The molecule has 2 rings (SSSR count). The van der Waals surface area contributed by atoms with Crippen molar-refractivity contribution < 1.29 is 4.79 Å². The smallest absolute Gasteiger partial charge is 0.252 e. The summed E-state index contributed by atoms with van der Waals surface area (Å²) in [6.07, 6.45) is 3.23. The minimum Gasteiger partial charge on any atom is -0.354 e. The highest BCUT2D eigenvalue weighted by Crippen LogP contribution is 2.26. The largest absolute Gasteiger partial charge is 0.354 e. The number of benzene rings is 1. The molecule has 0 atom stereocenters. The van der Waals surface area contributed by atoms with Crippen LogP contribution in [0.1, 0.15) is 15.9 Å². The fourth-order valence-corrected chi connectivity index (χ4v) is 2.20. The summed E-state index contributed by atoms with van der Waals surface area (Å²) in [7, 11) is 3.93. The van der Waals surface area contributed by atoms with Crippen molar-refractivity contribution in [3.63, 3.8) is 0 Å². The van der Waals surface area contributed by atoms with Gasteiger partial charge in [0.15, 0.2) is 0 Å². The van der Waals surface area contributed by atoms with Gasteiger partial charge in [-0.3, -0.25) is 9.78 Å². The summed E-state index contributed by atoms with van der Waals surface area (Å²) in [6, 6.07) is 7.43. The lowest BCUT2D eigenvalue weighted by atomic mass is 10.2. The van der Waals surface area contributed by atoms with Gasteiger partial charge in [0.25, 0.3) is 5.91 Å². The number of amides is 1. The van der Waals surface area contributed by atoms with Crippen molar-refractivity contribution in [1.82, 2.24) is 15.2 Å². The van der Waals surface area contributed by atoms with Crippen LogP contribution in [0.15, 0.2) is 36.7 Å². The van der Waals surface area contributed by atoms with E-state index in [0.717, 1.165) is 23.5 Å². The molecule has 0 saturated carbocycles. The Morgan fingerprint density at radius 2 is 2.09 bits per heavy atom. The van der Waals surface area contributed by atoms with Crippen LogP contribution in [0.2, 0.25) is 5.02 Å². The lowest BCUT2D eigenvalue weighted by Crippen LogP contribution is -2.31. The molecule has 2 N–H and O–H groups in total. The molecule has 1 aromatic carbocycles. The van der Waals surface area contributed by atoms with Gasteiger partial charge in [0.1, 0.15) is 0 Å². The SMILES string of the molecule is Cc1c(Cl)cccc1Nc1cncc(C(=O)NCCN(C)C)c1. The van der Waals surface area contributed by atoms with Crippen LogP contribution < -0.4 is 10.6 Å². The predicted molar refractivity (Wildman–Crippen MR) is 94.6 cm³/mol. The normalized spacial score (nSPS) is 10.7. The monoisotopic (exact) mass is 332 g/mol. The fourth-order valence-electron chi connectivity index (χ4n) is 2.03. The molecule has 5 nitrogen and oxygen atoms in total. The molecule has 1 heterocycles. The minimum absolute atomic E-state index is 0.134. The Labute approximate surface area is 141 Å². The molecule has 2 aromatic rings. The zero-order valence-corrected chi connectivity index (χ0v) is 14.3. The van der Waals surface area contributed by atoms with Crippen molar-refractivity contribution in [1.29, 1.82) is 0 Å². The summed E-state index contributed by atoms with van der Waals surface area (Å²) in [4.78, 5) is 18.3. The number of hydrogen-bond acceptors (Lipinski definition) is 4. The molecule has 1 amide bonds. The first-order valence-electron chi connectivity index (χ1n) is 7.37. The first-order chi connectivity index (χ1) is 11.0. The topological polar surface area (TPSA) is 57.3 Å². The molecule has 0 unspecified atom stereocenters. The van der Waals surface area contributed by atoms with Crippen LogP contribution >= 0.6 is 11.6 Å². The van der Waals surface area contributed by atoms with Gasteiger partial charge in [-0.05, 0) is 44.8 Å². The molecule has 0 aliphatic rings. The van der Waals surface area contributed by atoms with Crippen LogP contribution in [0, 0.1) is 6.92 Å². The van der Waals surface area contributed by atoms with E-state index in [1.54, 1.807) is 18.5 Å². The van der Waals surface area contributed by atoms with E-state index in [9.17, 15) is 4.79 Å². The van der Waals surface area contributed by atoms with Gasteiger partial charge in [0, 0.05) is 30.0 Å². The molecule has 0 aliphatic carbocycles. The van der Waals surface area contributed by atoms with Gasteiger partial charge in [-0.2, -0.15) is 0 Å². The van der Waals surface area contributed by atoms with E-state index in [4.69, 9.17) is 11.6 Å². The highest BCUT2D eigenvalue weighted by atomic mass is 35.5. The van der Waals surface area contributed by atoms with Gasteiger partial charge in [0.2, 0.25) is 0 Å². The predicted octanol–water partition coefficient (Wildman–Crippen LogP) is 3.08. The zero-order valence-electron chi connectivity index (χ0n) is 13.6. The number of rotatable bonds is 6. The van der Waals surface area contributed by atoms with Crippen molar-refractivity contribution >= 4 is 28.9 Å². The Morgan fingerprint density at radius 1 is 1.30 bits per heavy atom. The Kier molecular flexibility index (Phi) is 5.96. The number of likely N-dealkylation sites (N-methyl/N-ethyl adjacent to an activating group) is 1. The lowest BCUT2D eigenvalue weighted by Gasteiger charge is -2.12. The Morgan fingerprint density at radius 3 is 2.83 bits per heavy atom. The number of pyridine rings is 1. The Balaban J connectivity index is 2.07. The van der Waals surface area contributed by atoms with Gasteiger partial charge in [0.05, 0.1) is 17.4 Å². The maximum atomic E-state index is 12.1. The van der Waals surface area contributed by atoms with Crippen LogP contribution in [0.5, 0.6) is 0 Å². The second-order valence-corrected chi connectivity index (χ2v) is 5.97. The number of aromatic nitrogens is 1. The third-order valence-electron chi connectivity index (χ3n) is 3.39. The average Bonchev–Trinajstić information content (AvgIpc) is 2.52. The molecule has 122 valence electrons. The van der Waals surface area contributed by atoms with E-state index in [1.165, 1.54) is 0 Å². The van der Waals surface area contributed by atoms with Crippen molar-refractivity contribution in [2.75, 3.05) is 32.5 Å². The maximum Gasteiger partial charge on any atom is 0.252 e. The number of anilines is 2. The summed E-state index contributed by atoms with van der Waals surface area (Å²) >= 11 is 6.12. The van der Waals surface area contributed by atoms with Crippen LogP contribution in [-0.2, 0) is 0 Å². The number of carbonyl (C=O) groups excluding carboxylic acids is 1. The molecule has 0 spiro atoms. The number of hydrogen-bond donors (Lipinski definition) is 2. The summed E-state index contributed by atoms with van der Waals surface area (Å²) in [5.41, 5.74) is 3.11. The average molecular weight is 333 g/mol. The van der Waals surface area contributed by atoms with Crippen LogP contribution in [0.4, 0.5) is 11.4 Å². The molecular weight excluding hydrogens is 312 g/mol. The van der Waals surface area contributed by atoms with Crippen molar-refractivity contribution in [3.8, 4) is 0 Å². The van der Waals surface area contributed by atoms with E-state index >= 15 is 0 Å². The summed E-state index contributed by atoms with van der Waals surface area (Å²) in [5, 5.41) is 6.81. The molecule has 6 heteroatoms. The second-order valence-electron chi connectivity index (χ2n) is 5.56. The van der Waals surface area contributed by atoms with Crippen LogP contribution in [-0.4, -0.2) is 43.0 Å². The number of nitrogens with one attached hydrogen (secondary N) is 2. The van der Waals surface area contributed by atoms with E-state index in [-0.39, 0.29) is 5.91 Å². The van der Waals surface area contributed by atoms with Gasteiger partial charge < -0.3 is 15.5 Å². The molecule has 0 fully saturated rings. The first kappa shape index (κ1) is 17.2. The molecule has 1 aromatic heterocycles. The Bertz CT molecular complexity index is 688. The molecule has 0 saturated heterocycles. The van der Waals surface area contributed by atoms with Crippen LogP contribution in [0.3, 0.4) is 0 Å². The van der Waals surface area contributed by atoms with E-state index in [1.807, 2.05) is 44.1 Å². The van der Waals surface area contributed by atoms with E-state index < -0.39 is 0 Å². The van der Waals surface area contributed by atoms with Crippen LogP contribution in [0.25, 0.3) is 0 Å². The molecule has 0 aliphatic heterocycles. The van der Waals surface area contributed by atoms with E-state index in [0.29, 0.717) is 17.1 Å². The minimum atomic E-state index is -0.134. The third kappa shape index (κ3) is 4.94. The van der Waals surface area contributed by atoms with Crippen molar-refractivity contribution in [2.24, 2.45) is 0 Å². The zero-order chi connectivity index (χ0) is 16.8. The highest BCUT2D eigenvalue weighted by Gasteiger charge is 2.08. The number of carbonyl (C=O) groups is 1. The molecule has 23 heavy (non-hydrogen) atoms. The summed E-state index contributed by atoms with van der Waals surface area (Å²) in [5.74, 6) is -0.134.